The number of carbonyl (C=O) groups excluding carboxylic acids is 1. The Morgan fingerprint density at radius 1 is 1.15 bits per heavy atom. The summed E-state index contributed by atoms with van der Waals surface area (Å²) in [7, 11) is 0. The Bertz CT molecular complexity index is 652. The number of rotatable bonds is 2. The van der Waals surface area contributed by atoms with E-state index in [1.807, 2.05) is 30.3 Å². The lowest BCUT2D eigenvalue weighted by atomic mass is 9.98. The number of nitrogens with one attached hydrogen (secondary N) is 2. The van der Waals surface area contributed by atoms with Crippen LogP contribution in [-0.2, 0) is 13.0 Å². The summed E-state index contributed by atoms with van der Waals surface area (Å²) in [5.74, 6) is -0.100. The normalized spacial score (nSPS) is 13.6. The smallest absolute Gasteiger partial charge is 0.255 e. The molecule has 0 spiro atoms. The van der Waals surface area contributed by atoms with Gasteiger partial charge in [-0.2, -0.15) is 0 Å². The molecule has 1 amide bonds. The van der Waals surface area contributed by atoms with E-state index in [0.717, 1.165) is 25.2 Å². The van der Waals surface area contributed by atoms with E-state index in [2.05, 4.69) is 10.6 Å². The van der Waals surface area contributed by atoms with Gasteiger partial charge in [0.2, 0.25) is 0 Å². The van der Waals surface area contributed by atoms with Gasteiger partial charge in [0.15, 0.2) is 0 Å². The summed E-state index contributed by atoms with van der Waals surface area (Å²) in [6.07, 6.45) is 0.967. The molecule has 20 heavy (non-hydrogen) atoms. The van der Waals surface area contributed by atoms with Gasteiger partial charge in [-0.15, -0.1) is 0 Å². The Morgan fingerprint density at radius 2 is 2.05 bits per heavy atom. The van der Waals surface area contributed by atoms with Gasteiger partial charge < -0.3 is 16.4 Å². The van der Waals surface area contributed by atoms with Crippen LogP contribution in [-0.4, -0.2) is 12.5 Å². The molecular weight excluding hydrogens is 250 g/mol. The van der Waals surface area contributed by atoms with Gasteiger partial charge >= 0.3 is 0 Å². The lowest BCUT2D eigenvalue weighted by Gasteiger charge is -2.17. The van der Waals surface area contributed by atoms with Crippen molar-refractivity contribution in [3.8, 4) is 0 Å². The zero-order valence-corrected chi connectivity index (χ0v) is 11.1. The van der Waals surface area contributed by atoms with Gasteiger partial charge in [-0.05, 0) is 54.4 Å². The van der Waals surface area contributed by atoms with Crippen molar-refractivity contribution in [1.29, 1.82) is 0 Å². The van der Waals surface area contributed by atoms with E-state index in [-0.39, 0.29) is 5.91 Å². The number of carbonyl (C=O) groups is 1. The zero-order chi connectivity index (χ0) is 13.9. The monoisotopic (exact) mass is 267 g/mol. The summed E-state index contributed by atoms with van der Waals surface area (Å²) >= 11 is 0. The number of nitrogen functional groups attached to an aromatic ring is 1. The number of hydrogen-bond donors (Lipinski definition) is 3. The fourth-order valence-electron chi connectivity index (χ4n) is 2.44. The van der Waals surface area contributed by atoms with E-state index in [9.17, 15) is 4.79 Å². The van der Waals surface area contributed by atoms with Crippen LogP contribution in [0.2, 0.25) is 0 Å². The number of hydrogen-bond acceptors (Lipinski definition) is 3. The second-order valence-electron chi connectivity index (χ2n) is 4.99. The van der Waals surface area contributed by atoms with Gasteiger partial charge in [0, 0.05) is 23.5 Å². The standard InChI is InChI=1S/C16H17N3O/c17-14-2-1-3-15(9-14)19-16(20)12-4-5-13-10-18-7-6-11(13)8-12/h1-5,8-9,18H,6-7,10,17H2,(H,19,20). The fourth-order valence-corrected chi connectivity index (χ4v) is 2.44. The topological polar surface area (TPSA) is 67.1 Å². The second kappa shape index (κ2) is 5.35. The highest BCUT2D eigenvalue weighted by atomic mass is 16.1. The minimum absolute atomic E-state index is 0.100. The van der Waals surface area contributed by atoms with Crippen LogP contribution < -0.4 is 16.4 Å². The van der Waals surface area contributed by atoms with Crippen molar-refractivity contribution in [1.82, 2.24) is 5.32 Å². The molecule has 1 aliphatic heterocycles. The van der Waals surface area contributed by atoms with E-state index in [4.69, 9.17) is 5.73 Å². The zero-order valence-electron chi connectivity index (χ0n) is 11.1. The maximum atomic E-state index is 12.2. The van der Waals surface area contributed by atoms with E-state index in [1.165, 1.54) is 11.1 Å². The van der Waals surface area contributed by atoms with Crippen LogP contribution in [0.3, 0.4) is 0 Å². The lowest BCUT2D eigenvalue weighted by Crippen LogP contribution is -2.24. The molecule has 0 fully saturated rings. The largest absolute Gasteiger partial charge is 0.399 e. The first kappa shape index (κ1) is 12.7. The summed E-state index contributed by atoms with van der Waals surface area (Å²) in [6, 6.07) is 13.1. The number of amides is 1. The average molecular weight is 267 g/mol. The lowest BCUT2D eigenvalue weighted by molar-refractivity contribution is 0.102. The first-order chi connectivity index (χ1) is 9.72. The predicted octanol–water partition coefficient (Wildman–Crippen LogP) is 2.17. The Kier molecular flexibility index (Phi) is 3.39. The predicted molar refractivity (Wildman–Crippen MR) is 80.7 cm³/mol. The molecule has 1 heterocycles. The Morgan fingerprint density at radius 3 is 2.90 bits per heavy atom. The van der Waals surface area contributed by atoms with Crippen molar-refractivity contribution in [3.63, 3.8) is 0 Å². The Balaban J connectivity index is 1.80. The van der Waals surface area contributed by atoms with Crippen LogP contribution in [0.1, 0.15) is 21.5 Å². The highest BCUT2D eigenvalue weighted by molar-refractivity contribution is 6.04. The molecule has 0 bridgehead atoms. The summed E-state index contributed by atoms with van der Waals surface area (Å²) in [5, 5.41) is 6.19. The maximum Gasteiger partial charge on any atom is 0.255 e. The van der Waals surface area contributed by atoms with Gasteiger partial charge in [-0.25, -0.2) is 0 Å². The summed E-state index contributed by atoms with van der Waals surface area (Å²) in [5.41, 5.74) is 10.3. The third-order valence-electron chi connectivity index (χ3n) is 3.50. The molecular formula is C16H17N3O. The molecule has 4 heteroatoms. The molecule has 2 aromatic rings. The third kappa shape index (κ3) is 2.65. The van der Waals surface area contributed by atoms with Gasteiger partial charge in [-0.3, -0.25) is 4.79 Å². The van der Waals surface area contributed by atoms with Gasteiger partial charge in [0.25, 0.3) is 5.91 Å². The Labute approximate surface area is 118 Å². The molecule has 0 aliphatic carbocycles. The van der Waals surface area contributed by atoms with Crippen molar-refractivity contribution >= 4 is 17.3 Å². The van der Waals surface area contributed by atoms with Gasteiger partial charge in [-0.1, -0.05) is 12.1 Å². The number of benzene rings is 2. The highest BCUT2D eigenvalue weighted by Gasteiger charge is 2.12. The molecule has 2 aromatic carbocycles. The average Bonchev–Trinajstić information content (AvgIpc) is 2.47. The van der Waals surface area contributed by atoms with Crippen LogP contribution in [0, 0.1) is 0 Å². The van der Waals surface area contributed by atoms with E-state index in [1.54, 1.807) is 12.1 Å². The van der Waals surface area contributed by atoms with E-state index < -0.39 is 0 Å². The van der Waals surface area contributed by atoms with Gasteiger partial charge in [0.1, 0.15) is 0 Å². The van der Waals surface area contributed by atoms with Crippen molar-refractivity contribution < 1.29 is 4.79 Å². The van der Waals surface area contributed by atoms with E-state index >= 15 is 0 Å². The minimum atomic E-state index is -0.100. The molecule has 4 N–H and O–H groups in total. The first-order valence-corrected chi connectivity index (χ1v) is 6.72. The van der Waals surface area contributed by atoms with Crippen molar-refractivity contribution in [2.24, 2.45) is 0 Å². The van der Waals surface area contributed by atoms with Crippen molar-refractivity contribution in [2.75, 3.05) is 17.6 Å². The number of anilines is 2. The van der Waals surface area contributed by atoms with Gasteiger partial charge in [0.05, 0.1) is 0 Å². The van der Waals surface area contributed by atoms with Crippen LogP contribution in [0.4, 0.5) is 11.4 Å². The second-order valence-corrected chi connectivity index (χ2v) is 4.99. The summed E-state index contributed by atoms with van der Waals surface area (Å²) < 4.78 is 0. The fraction of sp³-hybridized carbons (Fsp3) is 0.188. The molecule has 0 aromatic heterocycles. The number of fused-ring (bicyclic) bond motifs is 1. The van der Waals surface area contributed by atoms with Crippen LogP contribution in [0.15, 0.2) is 42.5 Å². The third-order valence-corrected chi connectivity index (χ3v) is 3.50. The number of nitrogens with two attached hydrogens (primary N) is 1. The van der Waals surface area contributed by atoms with Crippen LogP contribution >= 0.6 is 0 Å². The molecule has 3 rings (SSSR count). The SMILES string of the molecule is Nc1cccc(NC(=O)c2ccc3c(c2)CCNC3)c1. The molecule has 0 radical (unpaired) electrons. The molecule has 0 atom stereocenters. The summed E-state index contributed by atoms with van der Waals surface area (Å²) in [6.45, 7) is 1.85. The molecule has 0 unspecified atom stereocenters. The molecule has 0 saturated heterocycles. The first-order valence-electron chi connectivity index (χ1n) is 6.72. The molecule has 0 saturated carbocycles. The van der Waals surface area contributed by atoms with Crippen molar-refractivity contribution in [3.05, 3.63) is 59.2 Å². The molecule has 102 valence electrons. The summed E-state index contributed by atoms with van der Waals surface area (Å²) in [4.78, 5) is 12.2. The van der Waals surface area contributed by atoms with Crippen LogP contribution in [0.5, 0.6) is 0 Å². The van der Waals surface area contributed by atoms with Crippen LogP contribution in [0.25, 0.3) is 0 Å². The quantitative estimate of drug-likeness (QED) is 0.730. The molecule has 4 nitrogen and oxygen atoms in total. The minimum Gasteiger partial charge on any atom is -0.399 e. The van der Waals surface area contributed by atoms with E-state index in [0.29, 0.717) is 11.3 Å². The Hall–Kier alpha value is -2.33. The maximum absolute atomic E-state index is 12.2. The van der Waals surface area contributed by atoms with Crippen molar-refractivity contribution in [2.45, 2.75) is 13.0 Å². The molecule has 1 aliphatic rings. The highest BCUT2D eigenvalue weighted by Crippen LogP contribution is 2.18.